The highest BCUT2D eigenvalue weighted by Gasteiger charge is 2.29. The van der Waals surface area contributed by atoms with Crippen molar-refractivity contribution in [1.29, 1.82) is 0 Å². The standard InChI is InChI=1S/C13H17F3N2O3/c1-9-3-4-10(17-12(20)18(2)5-6-19)11(7-9)21-8-13(14,15)16/h3-4,7,19H,5-6,8H2,1-2H3,(H,17,20). The number of carbonyl (C=O) groups excluding carboxylic acids is 1. The van der Waals surface area contributed by atoms with Crippen molar-refractivity contribution in [3.05, 3.63) is 23.8 Å². The lowest BCUT2D eigenvalue weighted by Gasteiger charge is -2.19. The Morgan fingerprint density at radius 3 is 2.67 bits per heavy atom. The third-order valence-electron chi connectivity index (χ3n) is 2.55. The van der Waals surface area contributed by atoms with Crippen LogP contribution < -0.4 is 10.1 Å². The number of rotatable bonds is 5. The average molecular weight is 306 g/mol. The number of hydrogen-bond acceptors (Lipinski definition) is 3. The molecule has 1 aromatic carbocycles. The number of carbonyl (C=O) groups is 1. The highest BCUT2D eigenvalue weighted by Crippen LogP contribution is 2.28. The number of aryl methyl sites for hydroxylation is 1. The van der Waals surface area contributed by atoms with Gasteiger partial charge in [0.25, 0.3) is 0 Å². The van der Waals surface area contributed by atoms with Crippen molar-refractivity contribution in [2.75, 3.05) is 32.1 Å². The van der Waals surface area contributed by atoms with Crippen molar-refractivity contribution in [1.82, 2.24) is 4.90 Å². The molecule has 0 aromatic heterocycles. The highest BCUT2D eigenvalue weighted by molar-refractivity contribution is 5.90. The number of alkyl halides is 3. The van der Waals surface area contributed by atoms with Crippen LogP contribution in [-0.4, -0.2) is 49.0 Å². The number of nitrogens with zero attached hydrogens (tertiary/aromatic N) is 1. The van der Waals surface area contributed by atoms with E-state index in [0.717, 1.165) is 0 Å². The molecular formula is C13H17F3N2O3. The number of likely N-dealkylation sites (N-methyl/N-ethyl adjacent to an activating group) is 1. The van der Waals surface area contributed by atoms with E-state index in [1.165, 1.54) is 24.1 Å². The summed E-state index contributed by atoms with van der Waals surface area (Å²) < 4.78 is 41.4. The first kappa shape index (κ1) is 17.1. The minimum Gasteiger partial charge on any atom is -0.482 e. The van der Waals surface area contributed by atoms with Crippen LogP contribution in [0.3, 0.4) is 0 Å². The van der Waals surface area contributed by atoms with Crippen LogP contribution >= 0.6 is 0 Å². The van der Waals surface area contributed by atoms with Gasteiger partial charge in [-0.25, -0.2) is 4.79 Å². The molecule has 0 unspecified atom stereocenters. The molecule has 0 saturated carbocycles. The average Bonchev–Trinajstić information content (AvgIpc) is 2.38. The molecule has 118 valence electrons. The van der Waals surface area contributed by atoms with Crippen molar-refractivity contribution in [2.24, 2.45) is 0 Å². The van der Waals surface area contributed by atoms with Crippen LogP contribution in [0.4, 0.5) is 23.7 Å². The Labute approximate surface area is 120 Å². The van der Waals surface area contributed by atoms with Gasteiger partial charge < -0.3 is 20.1 Å². The summed E-state index contributed by atoms with van der Waals surface area (Å²) in [5.41, 5.74) is 0.841. The molecule has 0 aliphatic carbocycles. The topological polar surface area (TPSA) is 61.8 Å². The Hall–Kier alpha value is -1.96. The summed E-state index contributed by atoms with van der Waals surface area (Å²) >= 11 is 0. The monoisotopic (exact) mass is 306 g/mol. The number of anilines is 1. The molecule has 0 spiro atoms. The molecule has 0 aliphatic heterocycles. The van der Waals surface area contributed by atoms with Gasteiger partial charge in [0.2, 0.25) is 0 Å². The quantitative estimate of drug-likeness (QED) is 0.878. The first-order valence-corrected chi connectivity index (χ1v) is 6.16. The van der Waals surface area contributed by atoms with E-state index >= 15 is 0 Å². The molecule has 0 heterocycles. The van der Waals surface area contributed by atoms with E-state index in [0.29, 0.717) is 5.56 Å². The van der Waals surface area contributed by atoms with Gasteiger partial charge in [0.05, 0.1) is 12.3 Å². The number of nitrogens with one attached hydrogen (secondary N) is 1. The minimum atomic E-state index is -4.46. The summed E-state index contributed by atoms with van der Waals surface area (Å²) in [5.74, 6) is -0.0573. The number of amides is 2. The lowest BCUT2D eigenvalue weighted by molar-refractivity contribution is -0.153. The van der Waals surface area contributed by atoms with Crippen LogP contribution in [0.2, 0.25) is 0 Å². The van der Waals surface area contributed by atoms with Crippen LogP contribution in [0.15, 0.2) is 18.2 Å². The maximum atomic E-state index is 12.2. The fourth-order valence-electron chi connectivity index (χ4n) is 1.47. The van der Waals surface area contributed by atoms with Crippen LogP contribution in [0.1, 0.15) is 5.56 Å². The molecule has 0 radical (unpaired) electrons. The van der Waals surface area contributed by atoms with E-state index < -0.39 is 18.8 Å². The molecule has 1 rings (SSSR count). The largest absolute Gasteiger partial charge is 0.482 e. The summed E-state index contributed by atoms with van der Waals surface area (Å²) in [6.07, 6.45) is -4.46. The van der Waals surface area contributed by atoms with Gasteiger partial charge in [-0.1, -0.05) is 6.07 Å². The van der Waals surface area contributed by atoms with Gasteiger partial charge in [-0.05, 0) is 24.6 Å². The SMILES string of the molecule is Cc1ccc(NC(=O)N(C)CCO)c(OCC(F)(F)F)c1. The molecule has 8 heteroatoms. The van der Waals surface area contributed by atoms with Crippen LogP contribution in [0, 0.1) is 6.92 Å². The maximum Gasteiger partial charge on any atom is 0.422 e. The van der Waals surface area contributed by atoms with Crippen LogP contribution in [0.25, 0.3) is 0 Å². The molecule has 5 nitrogen and oxygen atoms in total. The molecule has 0 aliphatic rings. The third kappa shape index (κ3) is 5.90. The summed E-state index contributed by atoms with van der Waals surface area (Å²) in [6.45, 7) is 0.154. The maximum absolute atomic E-state index is 12.2. The van der Waals surface area contributed by atoms with Crippen LogP contribution in [0.5, 0.6) is 5.75 Å². The summed E-state index contributed by atoms with van der Waals surface area (Å²) in [5, 5.41) is 11.2. The zero-order valence-corrected chi connectivity index (χ0v) is 11.7. The highest BCUT2D eigenvalue weighted by atomic mass is 19.4. The molecular weight excluding hydrogens is 289 g/mol. The zero-order valence-electron chi connectivity index (χ0n) is 11.7. The van der Waals surface area contributed by atoms with Gasteiger partial charge in [0.1, 0.15) is 5.75 Å². The molecule has 0 bridgehead atoms. The van der Waals surface area contributed by atoms with Gasteiger partial charge in [-0.2, -0.15) is 13.2 Å². The Balaban J connectivity index is 2.84. The van der Waals surface area contributed by atoms with E-state index in [1.807, 2.05) is 0 Å². The Morgan fingerprint density at radius 1 is 1.43 bits per heavy atom. The minimum absolute atomic E-state index is 0.0573. The zero-order chi connectivity index (χ0) is 16.0. The second-order valence-electron chi connectivity index (χ2n) is 4.48. The summed E-state index contributed by atoms with van der Waals surface area (Å²) in [6, 6.07) is 3.96. The number of halogens is 3. The Morgan fingerprint density at radius 2 is 2.10 bits per heavy atom. The fourth-order valence-corrected chi connectivity index (χ4v) is 1.47. The Bertz CT molecular complexity index is 492. The molecule has 2 N–H and O–H groups in total. The third-order valence-corrected chi connectivity index (χ3v) is 2.55. The molecule has 0 fully saturated rings. The van der Waals surface area contributed by atoms with E-state index in [4.69, 9.17) is 9.84 Å². The Kier molecular flexibility index (Phi) is 5.83. The van der Waals surface area contributed by atoms with E-state index in [-0.39, 0.29) is 24.6 Å². The van der Waals surface area contributed by atoms with E-state index in [1.54, 1.807) is 13.0 Å². The van der Waals surface area contributed by atoms with Crippen molar-refractivity contribution < 1.29 is 27.8 Å². The second kappa shape index (κ2) is 7.16. The number of benzene rings is 1. The van der Waals surface area contributed by atoms with Gasteiger partial charge in [-0.15, -0.1) is 0 Å². The van der Waals surface area contributed by atoms with Crippen molar-refractivity contribution in [2.45, 2.75) is 13.1 Å². The van der Waals surface area contributed by atoms with Crippen LogP contribution in [-0.2, 0) is 0 Å². The number of aliphatic hydroxyl groups is 1. The van der Waals surface area contributed by atoms with Crippen molar-refractivity contribution in [3.63, 3.8) is 0 Å². The molecule has 0 saturated heterocycles. The number of aliphatic hydroxyl groups excluding tert-OH is 1. The van der Waals surface area contributed by atoms with Crippen molar-refractivity contribution >= 4 is 11.7 Å². The predicted octanol–water partition coefficient (Wildman–Crippen LogP) is 2.39. The lowest BCUT2D eigenvalue weighted by Crippen LogP contribution is -2.33. The van der Waals surface area contributed by atoms with Gasteiger partial charge in [0.15, 0.2) is 6.61 Å². The smallest absolute Gasteiger partial charge is 0.422 e. The number of ether oxygens (including phenoxy) is 1. The first-order chi connectivity index (χ1) is 9.73. The summed E-state index contributed by atoms with van der Waals surface area (Å²) in [7, 11) is 1.45. The lowest BCUT2D eigenvalue weighted by atomic mass is 10.2. The molecule has 1 aromatic rings. The van der Waals surface area contributed by atoms with E-state index in [9.17, 15) is 18.0 Å². The first-order valence-electron chi connectivity index (χ1n) is 6.16. The molecule has 0 atom stereocenters. The van der Waals surface area contributed by atoms with Gasteiger partial charge >= 0.3 is 12.2 Å². The predicted molar refractivity (Wildman–Crippen MR) is 71.5 cm³/mol. The number of urea groups is 1. The second-order valence-corrected chi connectivity index (χ2v) is 4.48. The normalized spacial score (nSPS) is 11.1. The summed E-state index contributed by atoms with van der Waals surface area (Å²) in [4.78, 5) is 13.0. The molecule has 2 amide bonds. The van der Waals surface area contributed by atoms with Crippen molar-refractivity contribution in [3.8, 4) is 5.75 Å². The number of hydrogen-bond donors (Lipinski definition) is 2. The van der Waals surface area contributed by atoms with Gasteiger partial charge in [-0.3, -0.25) is 0 Å². The molecule has 21 heavy (non-hydrogen) atoms. The fraction of sp³-hybridized carbons (Fsp3) is 0.462. The van der Waals surface area contributed by atoms with Gasteiger partial charge in [0, 0.05) is 13.6 Å². The van der Waals surface area contributed by atoms with E-state index in [2.05, 4.69) is 5.32 Å².